The van der Waals surface area contributed by atoms with Gasteiger partial charge in [-0.3, -0.25) is 9.59 Å². The molecule has 0 heterocycles. The Kier molecular flexibility index (Phi) is 7.54. The van der Waals surface area contributed by atoms with Crippen molar-refractivity contribution in [2.45, 2.75) is 59.4 Å². The molecule has 0 bridgehead atoms. The minimum atomic E-state index is -0.433. The Labute approximate surface area is 123 Å². The van der Waals surface area contributed by atoms with Crippen LogP contribution in [0.5, 0.6) is 0 Å². The van der Waals surface area contributed by atoms with Crippen molar-refractivity contribution in [2.24, 2.45) is 23.5 Å². The van der Waals surface area contributed by atoms with Gasteiger partial charge in [-0.1, -0.05) is 19.9 Å². The number of primary amides is 1. The highest BCUT2D eigenvalue weighted by Crippen LogP contribution is 2.26. The van der Waals surface area contributed by atoms with Crippen LogP contribution in [-0.2, 0) is 9.59 Å². The Bertz CT molecular complexity index is 343. The molecule has 2 atom stereocenters. The molecule has 0 aliphatic rings. The molecule has 0 aliphatic carbocycles. The fourth-order valence-corrected chi connectivity index (χ4v) is 2.26. The predicted octanol–water partition coefficient (Wildman–Crippen LogP) is 2.63. The molecule has 0 aromatic rings. The average Bonchev–Trinajstić information content (AvgIpc) is 2.24. The zero-order valence-corrected chi connectivity index (χ0v) is 13.5. The molecule has 4 heteroatoms. The number of hydrogen-bond donors (Lipinski definition) is 2. The third kappa shape index (κ3) is 7.31. The number of carbonyl (C=O) groups is 2. The van der Waals surface area contributed by atoms with E-state index in [2.05, 4.69) is 11.9 Å². The first-order chi connectivity index (χ1) is 9.08. The molecule has 0 saturated heterocycles. The molecule has 3 N–H and O–H groups in total. The van der Waals surface area contributed by atoms with Crippen molar-refractivity contribution in [3.05, 3.63) is 12.7 Å². The fourth-order valence-electron chi connectivity index (χ4n) is 2.26. The van der Waals surface area contributed by atoms with Gasteiger partial charge in [0.2, 0.25) is 11.8 Å². The smallest absolute Gasteiger partial charge is 0.224 e. The van der Waals surface area contributed by atoms with E-state index in [0.717, 1.165) is 0 Å². The largest absolute Gasteiger partial charge is 0.369 e. The molecule has 0 spiro atoms. The number of rotatable bonds is 8. The molecule has 0 aromatic heterocycles. The highest BCUT2D eigenvalue weighted by atomic mass is 16.2. The van der Waals surface area contributed by atoms with Crippen LogP contribution in [0, 0.1) is 17.8 Å². The van der Waals surface area contributed by atoms with E-state index >= 15 is 0 Å². The molecule has 0 radical (unpaired) electrons. The average molecular weight is 282 g/mol. The lowest BCUT2D eigenvalue weighted by molar-refractivity contribution is -0.135. The second kappa shape index (κ2) is 8.08. The van der Waals surface area contributed by atoms with E-state index in [-0.39, 0.29) is 17.4 Å². The van der Waals surface area contributed by atoms with E-state index < -0.39 is 11.8 Å². The Morgan fingerprint density at radius 3 is 2.15 bits per heavy atom. The van der Waals surface area contributed by atoms with Gasteiger partial charge < -0.3 is 11.1 Å². The van der Waals surface area contributed by atoms with Gasteiger partial charge in [-0.25, -0.2) is 0 Å². The number of carbonyl (C=O) groups excluding carboxylic acids is 2. The molecular weight excluding hydrogens is 252 g/mol. The summed E-state index contributed by atoms with van der Waals surface area (Å²) in [5.74, 6) is -0.957. The minimum Gasteiger partial charge on any atom is -0.369 e. The quantitative estimate of drug-likeness (QED) is 0.672. The van der Waals surface area contributed by atoms with Crippen LogP contribution in [0.4, 0.5) is 0 Å². The summed E-state index contributed by atoms with van der Waals surface area (Å²) in [5.41, 5.74) is 5.19. The van der Waals surface area contributed by atoms with Crippen LogP contribution in [0.2, 0.25) is 0 Å². The van der Waals surface area contributed by atoms with Crippen LogP contribution in [0.15, 0.2) is 12.7 Å². The highest BCUT2D eigenvalue weighted by Gasteiger charge is 2.33. The summed E-state index contributed by atoms with van der Waals surface area (Å²) in [6.45, 7) is 13.5. The maximum atomic E-state index is 12.5. The van der Waals surface area contributed by atoms with Crippen LogP contribution in [0.25, 0.3) is 0 Å². The van der Waals surface area contributed by atoms with Gasteiger partial charge in [0.05, 0.1) is 0 Å². The van der Waals surface area contributed by atoms with Gasteiger partial charge in [0.1, 0.15) is 0 Å². The molecule has 20 heavy (non-hydrogen) atoms. The van der Waals surface area contributed by atoms with Gasteiger partial charge >= 0.3 is 0 Å². The van der Waals surface area contributed by atoms with Crippen molar-refractivity contribution in [2.75, 3.05) is 0 Å². The number of allylic oxidation sites excluding steroid dienone is 1. The van der Waals surface area contributed by atoms with Crippen molar-refractivity contribution >= 4 is 11.8 Å². The SMILES string of the molecule is C=CCCC(C(N)=O)C(CC(C)C)C(=O)NC(C)(C)C. The van der Waals surface area contributed by atoms with Gasteiger partial charge in [-0.2, -0.15) is 0 Å². The summed E-state index contributed by atoms with van der Waals surface area (Å²) in [6.07, 6.45) is 3.68. The van der Waals surface area contributed by atoms with Crippen molar-refractivity contribution in [3.63, 3.8) is 0 Å². The summed E-state index contributed by atoms with van der Waals surface area (Å²) in [5, 5.41) is 2.96. The minimum absolute atomic E-state index is 0.0842. The van der Waals surface area contributed by atoms with Gasteiger partial charge in [-0.05, 0) is 46.0 Å². The van der Waals surface area contributed by atoms with Gasteiger partial charge in [0.15, 0.2) is 0 Å². The van der Waals surface area contributed by atoms with Crippen molar-refractivity contribution < 1.29 is 9.59 Å². The van der Waals surface area contributed by atoms with Crippen LogP contribution >= 0.6 is 0 Å². The molecule has 116 valence electrons. The number of hydrogen-bond acceptors (Lipinski definition) is 2. The zero-order valence-electron chi connectivity index (χ0n) is 13.5. The molecule has 2 amide bonds. The second-order valence-electron chi connectivity index (χ2n) is 6.85. The van der Waals surface area contributed by atoms with E-state index in [9.17, 15) is 9.59 Å². The summed E-state index contributed by atoms with van der Waals surface area (Å²) in [6, 6.07) is 0. The summed E-state index contributed by atoms with van der Waals surface area (Å²) in [7, 11) is 0. The maximum Gasteiger partial charge on any atom is 0.224 e. The first-order valence-corrected chi connectivity index (χ1v) is 7.30. The van der Waals surface area contributed by atoms with Crippen molar-refractivity contribution in [1.29, 1.82) is 0 Å². The van der Waals surface area contributed by atoms with Gasteiger partial charge in [0.25, 0.3) is 0 Å². The topological polar surface area (TPSA) is 72.2 Å². The van der Waals surface area contributed by atoms with Crippen LogP contribution in [0.3, 0.4) is 0 Å². The normalized spacial score (nSPS) is 14.7. The monoisotopic (exact) mass is 282 g/mol. The van der Waals surface area contributed by atoms with Crippen LogP contribution in [-0.4, -0.2) is 17.4 Å². The maximum absolute atomic E-state index is 12.5. The Hall–Kier alpha value is -1.32. The lowest BCUT2D eigenvalue weighted by Gasteiger charge is -2.29. The Morgan fingerprint density at radius 2 is 1.80 bits per heavy atom. The number of nitrogens with one attached hydrogen (secondary N) is 1. The summed E-state index contributed by atoms with van der Waals surface area (Å²) in [4.78, 5) is 24.2. The number of amides is 2. The summed E-state index contributed by atoms with van der Waals surface area (Å²) < 4.78 is 0. The third-order valence-corrected chi connectivity index (χ3v) is 3.09. The van der Waals surface area contributed by atoms with Crippen molar-refractivity contribution in [3.8, 4) is 0 Å². The molecule has 0 aliphatic heterocycles. The van der Waals surface area contributed by atoms with Crippen molar-refractivity contribution in [1.82, 2.24) is 5.32 Å². The van der Waals surface area contributed by atoms with Gasteiger partial charge in [-0.15, -0.1) is 6.58 Å². The molecule has 4 nitrogen and oxygen atoms in total. The molecule has 0 aromatic carbocycles. The standard InChI is InChI=1S/C16H30N2O2/c1-7-8-9-12(14(17)19)13(10-11(2)3)15(20)18-16(4,5)6/h7,11-13H,1,8-10H2,2-6H3,(H2,17,19)(H,18,20). The zero-order chi connectivity index (χ0) is 15.9. The van der Waals surface area contributed by atoms with Crippen LogP contribution < -0.4 is 11.1 Å². The first-order valence-electron chi connectivity index (χ1n) is 7.30. The van der Waals surface area contributed by atoms with E-state index in [1.165, 1.54) is 0 Å². The lowest BCUT2D eigenvalue weighted by Crippen LogP contribution is -2.48. The Morgan fingerprint density at radius 1 is 1.25 bits per heavy atom. The lowest BCUT2D eigenvalue weighted by atomic mass is 9.81. The highest BCUT2D eigenvalue weighted by molar-refractivity contribution is 5.87. The van der Waals surface area contributed by atoms with E-state index in [0.29, 0.717) is 25.2 Å². The summed E-state index contributed by atoms with van der Waals surface area (Å²) >= 11 is 0. The molecular formula is C16H30N2O2. The van der Waals surface area contributed by atoms with E-state index in [1.807, 2.05) is 34.6 Å². The Balaban J connectivity index is 5.12. The fraction of sp³-hybridized carbons (Fsp3) is 0.750. The second-order valence-corrected chi connectivity index (χ2v) is 6.85. The molecule has 2 unspecified atom stereocenters. The third-order valence-electron chi connectivity index (χ3n) is 3.09. The number of nitrogens with two attached hydrogens (primary N) is 1. The predicted molar refractivity (Wildman–Crippen MR) is 83.0 cm³/mol. The van der Waals surface area contributed by atoms with E-state index in [1.54, 1.807) is 6.08 Å². The molecule has 0 saturated carbocycles. The molecule has 0 rings (SSSR count). The van der Waals surface area contributed by atoms with Gasteiger partial charge in [0, 0.05) is 17.4 Å². The van der Waals surface area contributed by atoms with Crippen LogP contribution in [0.1, 0.15) is 53.9 Å². The molecule has 0 fully saturated rings. The first kappa shape index (κ1) is 18.7. The van der Waals surface area contributed by atoms with E-state index in [4.69, 9.17) is 5.73 Å².